The highest BCUT2D eigenvalue weighted by Gasteiger charge is 2.13. The maximum Gasteiger partial charge on any atom is 0.251 e. The van der Waals surface area contributed by atoms with Crippen molar-refractivity contribution in [3.05, 3.63) is 69.8 Å². The molecule has 0 aliphatic heterocycles. The molecule has 2 amide bonds. The summed E-state index contributed by atoms with van der Waals surface area (Å²) in [5.41, 5.74) is 6.26. The molecule has 2 aromatic rings. The van der Waals surface area contributed by atoms with Crippen LogP contribution in [0.15, 0.2) is 36.4 Å². The fourth-order valence-electron chi connectivity index (χ4n) is 2.64. The van der Waals surface area contributed by atoms with Crippen LogP contribution >= 0.6 is 0 Å². The van der Waals surface area contributed by atoms with Crippen LogP contribution in [0, 0.1) is 27.7 Å². The van der Waals surface area contributed by atoms with E-state index in [0.29, 0.717) is 12.1 Å². The molecule has 0 heterocycles. The fraction of sp³-hybridized carbons (Fsp3) is 0.333. The summed E-state index contributed by atoms with van der Waals surface area (Å²) in [7, 11) is 1.75. The highest BCUT2D eigenvalue weighted by molar-refractivity contribution is 5.96. The van der Waals surface area contributed by atoms with Gasteiger partial charge in [0.05, 0.1) is 6.54 Å². The molecule has 4 nitrogen and oxygen atoms in total. The Morgan fingerprint density at radius 1 is 0.920 bits per heavy atom. The minimum Gasteiger partial charge on any atom is -0.343 e. The highest BCUT2D eigenvalue weighted by Crippen LogP contribution is 2.13. The lowest BCUT2D eigenvalue weighted by Crippen LogP contribution is -2.38. The first-order valence-electron chi connectivity index (χ1n) is 8.43. The van der Waals surface area contributed by atoms with E-state index in [1.807, 2.05) is 52.0 Å². The number of rotatable bonds is 5. The second-order valence-corrected chi connectivity index (χ2v) is 6.66. The van der Waals surface area contributed by atoms with Gasteiger partial charge in [-0.05, 0) is 62.1 Å². The molecule has 2 rings (SSSR count). The number of aryl methyl sites for hydroxylation is 4. The number of benzene rings is 2. The number of nitrogens with zero attached hydrogens (tertiary/aromatic N) is 1. The molecular formula is C21H26N2O2. The van der Waals surface area contributed by atoms with Crippen LogP contribution in [-0.4, -0.2) is 30.3 Å². The van der Waals surface area contributed by atoms with E-state index < -0.39 is 0 Å². The van der Waals surface area contributed by atoms with Crippen molar-refractivity contribution in [3.63, 3.8) is 0 Å². The molecule has 0 aromatic heterocycles. The Bertz CT molecular complexity index is 796. The summed E-state index contributed by atoms with van der Waals surface area (Å²) in [6.45, 7) is 8.59. The van der Waals surface area contributed by atoms with Crippen LogP contribution in [0.1, 0.15) is 38.2 Å². The molecule has 0 unspecified atom stereocenters. The van der Waals surface area contributed by atoms with Crippen molar-refractivity contribution in [2.24, 2.45) is 0 Å². The van der Waals surface area contributed by atoms with Crippen molar-refractivity contribution in [2.45, 2.75) is 34.2 Å². The minimum absolute atomic E-state index is 0.00678. The number of nitrogens with one attached hydrogen (secondary N) is 1. The first kappa shape index (κ1) is 18.7. The Kier molecular flexibility index (Phi) is 5.97. The van der Waals surface area contributed by atoms with Crippen molar-refractivity contribution >= 4 is 11.8 Å². The summed E-state index contributed by atoms with van der Waals surface area (Å²) >= 11 is 0. The minimum atomic E-state index is -0.226. The van der Waals surface area contributed by atoms with E-state index in [2.05, 4.69) is 11.4 Å². The summed E-state index contributed by atoms with van der Waals surface area (Å²) in [6, 6.07) is 11.7. The van der Waals surface area contributed by atoms with E-state index in [1.54, 1.807) is 18.0 Å². The summed E-state index contributed by atoms with van der Waals surface area (Å²) in [5.74, 6) is -0.339. The Morgan fingerprint density at radius 2 is 1.64 bits per heavy atom. The average Bonchev–Trinajstić information content (AvgIpc) is 2.57. The van der Waals surface area contributed by atoms with Crippen LogP contribution in [0.25, 0.3) is 0 Å². The van der Waals surface area contributed by atoms with Gasteiger partial charge in [-0.25, -0.2) is 0 Å². The lowest BCUT2D eigenvalue weighted by Gasteiger charge is -2.19. The van der Waals surface area contributed by atoms with Gasteiger partial charge in [0, 0.05) is 19.2 Å². The molecule has 2 aromatic carbocycles. The van der Waals surface area contributed by atoms with Gasteiger partial charge in [0.25, 0.3) is 5.91 Å². The Balaban J connectivity index is 1.92. The van der Waals surface area contributed by atoms with Crippen LogP contribution in [0.4, 0.5) is 0 Å². The number of carbonyl (C=O) groups excluding carboxylic acids is 2. The standard InChI is InChI=1S/C21H26N2O2/c1-14-6-8-19(17(4)10-14)13-23(5)20(24)12-22-21(25)18-9-7-15(2)16(3)11-18/h6-11H,12-13H2,1-5H3,(H,22,25). The van der Waals surface area contributed by atoms with Gasteiger partial charge in [0.2, 0.25) is 5.91 Å². The van der Waals surface area contributed by atoms with E-state index in [1.165, 1.54) is 11.1 Å². The molecular weight excluding hydrogens is 312 g/mol. The van der Waals surface area contributed by atoms with Crippen molar-refractivity contribution < 1.29 is 9.59 Å². The number of amides is 2. The molecule has 25 heavy (non-hydrogen) atoms. The number of hydrogen-bond acceptors (Lipinski definition) is 2. The smallest absolute Gasteiger partial charge is 0.251 e. The van der Waals surface area contributed by atoms with Gasteiger partial charge in [-0.2, -0.15) is 0 Å². The Morgan fingerprint density at radius 3 is 2.28 bits per heavy atom. The highest BCUT2D eigenvalue weighted by atomic mass is 16.2. The van der Waals surface area contributed by atoms with Crippen LogP contribution in [0.2, 0.25) is 0 Å². The molecule has 0 spiro atoms. The molecule has 0 aliphatic carbocycles. The molecule has 0 bridgehead atoms. The summed E-state index contributed by atoms with van der Waals surface area (Å²) in [4.78, 5) is 26.1. The van der Waals surface area contributed by atoms with Gasteiger partial charge in [0.1, 0.15) is 0 Å². The van der Waals surface area contributed by atoms with E-state index in [0.717, 1.165) is 16.7 Å². The fourth-order valence-corrected chi connectivity index (χ4v) is 2.64. The van der Waals surface area contributed by atoms with E-state index in [-0.39, 0.29) is 18.4 Å². The van der Waals surface area contributed by atoms with Crippen molar-refractivity contribution in [3.8, 4) is 0 Å². The molecule has 0 saturated heterocycles. The van der Waals surface area contributed by atoms with Crippen molar-refractivity contribution in [1.82, 2.24) is 10.2 Å². The van der Waals surface area contributed by atoms with Gasteiger partial charge in [0.15, 0.2) is 0 Å². The Hall–Kier alpha value is -2.62. The summed E-state index contributed by atoms with van der Waals surface area (Å²) in [6.07, 6.45) is 0. The normalized spacial score (nSPS) is 10.4. The van der Waals surface area contributed by atoms with Gasteiger partial charge < -0.3 is 10.2 Å². The lowest BCUT2D eigenvalue weighted by molar-refractivity contribution is -0.129. The third kappa shape index (κ3) is 4.92. The molecule has 0 atom stereocenters. The van der Waals surface area contributed by atoms with Crippen LogP contribution in [0.5, 0.6) is 0 Å². The largest absolute Gasteiger partial charge is 0.343 e. The zero-order chi connectivity index (χ0) is 18.6. The predicted molar refractivity (Wildman–Crippen MR) is 101 cm³/mol. The SMILES string of the molecule is Cc1ccc(CN(C)C(=O)CNC(=O)c2ccc(C)c(C)c2)c(C)c1. The summed E-state index contributed by atoms with van der Waals surface area (Å²) < 4.78 is 0. The molecule has 0 radical (unpaired) electrons. The predicted octanol–water partition coefficient (Wildman–Crippen LogP) is 3.31. The zero-order valence-corrected chi connectivity index (χ0v) is 15.6. The van der Waals surface area contributed by atoms with E-state index in [4.69, 9.17) is 0 Å². The topological polar surface area (TPSA) is 49.4 Å². The second kappa shape index (κ2) is 7.97. The third-order valence-corrected chi connectivity index (χ3v) is 4.50. The number of carbonyl (C=O) groups is 2. The molecule has 132 valence electrons. The molecule has 1 N–H and O–H groups in total. The van der Waals surface area contributed by atoms with Gasteiger partial charge in [-0.3, -0.25) is 9.59 Å². The molecule has 0 fully saturated rings. The first-order valence-corrected chi connectivity index (χ1v) is 8.43. The lowest BCUT2D eigenvalue weighted by atomic mass is 10.1. The second-order valence-electron chi connectivity index (χ2n) is 6.66. The van der Waals surface area contributed by atoms with Crippen LogP contribution < -0.4 is 5.32 Å². The van der Waals surface area contributed by atoms with Gasteiger partial charge in [-0.1, -0.05) is 29.8 Å². The molecule has 0 aliphatic rings. The Labute approximate surface area is 149 Å². The van der Waals surface area contributed by atoms with Crippen LogP contribution in [-0.2, 0) is 11.3 Å². The monoisotopic (exact) mass is 338 g/mol. The quantitative estimate of drug-likeness (QED) is 0.909. The number of likely N-dealkylation sites (N-methyl/N-ethyl adjacent to an activating group) is 1. The first-order chi connectivity index (χ1) is 11.8. The third-order valence-electron chi connectivity index (χ3n) is 4.50. The van der Waals surface area contributed by atoms with E-state index in [9.17, 15) is 9.59 Å². The maximum atomic E-state index is 12.3. The maximum absolute atomic E-state index is 12.3. The summed E-state index contributed by atoms with van der Waals surface area (Å²) in [5, 5.41) is 2.71. The van der Waals surface area contributed by atoms with Crippen molar-refractivity contribution in [2.75, 3.05) is 13.6 Å². The van der Waals surface area contributed by atoms with Gasteiger partial charge in [-0.15, -0.1) is 0 Å². The average molecular weight is 338 g/mol. The number of hydrogen-bond donors (Lipinski definition) is 1. The van der Waals surface area contributed by atoms with Crippen LogP contribution in [0.3, 0.4) is 0 Å². The molecule has 4 heteroatoms. The van der Waals surface area contributed by atoms with Gasteiger partial charge >= 0.3 is 0 Å². The zero-order valence-electron chi connectivity index (χ0n) is 15.6. The molecule has 0 saturated carbocycles. The van der Waals surface area contributed by atoms with Crippen molar-refractivity contribution in [1.29, 1.82) is 0 Å². The van der Waals surface area contributed by atoms with E-state index >= 15 is 0 Å².